The molecule has 0 atom stereocenters. The second-order valence-corrected chi connectivity index (χ2v) is 5.98. The maximum Gasteiger partial charge on any atom is 0.231 e. The van der Waals surface area contributed by atoms with Gasteiger partial charge in [0.25, 0.3) is 0 Å². The molecule has 1 aliphatic heterocycles. The minimum absolute atomic E-state index is 0.263. The van der Waals surface area contributed by atoms with Gasteiger partial charge in [-0.1, -0.05) is 0 Å². The summed E-state index contributed by atoms with van der Waals surface area (Å²) in [5.41, 5.74) is 2.14. The highest BCUT2D eigenvalue weighted by atomic mass is 16.7. The van der Waals surface area contributed by atoms with E-state index >= 15 is 0 Å². The number of hydrogen-bond donors (Lipinski definition) is 1. The first-order chi connectivity index (χ1) is 12.8. The van der Waals surface area contributed by atoms with Crippen molar-refractivity contribution in [3.8, 4) is 11.5 Å². The monoisotopic (exact) mass is 349 g/mol. The van der Waals surface area contributed by atoms with Crippen LogP contribution in [0.1, 0.15) is 5.56 Å². The molecule has 4 rings (SSSR count). The number of benzene rings is 1. The lowest BCUT2D eigenvalue weighted by molar-refractivity contribution is 0.174. The van der Waals surface area contributed by atoms with Crippen molar-refractivity contribution in [2.45, 2.75) is 6.42 Å². The minimum Gasteiger partial charge on any atom is -0.454 e. The summed E-state index contributed by atoms with van der Waals surface area (Å²) in [6.07, 6.45) is 6.11. The predicted octanol–water partition coefficient (Wildman–Crippen LogP) is 3.02. The summed E-state index contributed by atoms with van der Waals surface area (Å²) < 4.78 is 10.7. The molecule has 0 spiro atoms. The van der Waals surface area contributed by atoms with Crippen molar-refractivity contribution >= 4 is 17.3 Å². The van der Waals surface area contributed by atoms with Crippen molar-refractivity contribution in [2.75, 3.05) is 30.6 Å². The average Bonchev–Trinajstić information content (AvgIpc) is 3.15. The zero-order valence-electron chi connectivity index (χ0n) is 14.4. The fraction of sp³-hybridized carbons (Fsp3) is 0.211. The quantitative estimate of drug-likeness (QED) is 0.733. The van der Waals surface area contributed by atoms with Gasteiger partial charge in [0.1, 0.15) is 18.0 Å². The molecule has 1 N–H and O–H groups in total. The van der Waals surface area contributed by atoms with E-state index in [-0.39, 0.29) is 6.79 Å². The van der Waals surface area contributed by atoms with E-state index in [2.05, 4.69) is 25.2 Å². The van der Waals surface area contributed by atoms with E-state index < -0.39 is 0 Å². The molecule has 3 aromatic rings. The summed E-state index contributed by atoms with van der Waals surface area (Å²) in [5.74, 6) is 3.08. The third kappa shape index (κ3) is 3.66. The largest absolute Gasteiger partial charge is 0.454 e. The van der Waals surface area contributed by atoms with Crippen LogP contribution in [-0.2, 0) is 6.42 Å². The Morgan fingerprint density at radius 1 is 1.04 bits per heavy atom. The third-order valence-electron chi connectivity index (χ3n) is 4.17. The summed E-state index contributed by atoms with van der Waals surface area (Å²) in [6, 6.07) is 11.7. The smallest absolute Gasteiger partial charge is 0.231 e. The van der Waals surface area contributed by atoms with Gasteiger partial charge in [-0.2, -0.15) is 0 Å². The maximum absolute atomic E-state index is 5.41. The predicted molar refractivity (Wildman–Crippen MR) is 99.1 cm³/mol. The molecule has 0 saturated heterocycles. The van der Waals surface area contributed by atoms with Gasteiger partial charge < -0.3 is 19.7 Å². The molecule has 0 radical (unpaired) electrons. The molecular weight excluding hydrogens is 330 g/mol. The fourth-order valence-corrected chi connectivity index (χ4v) is 2.71. The van der Waals surface area contributed by atoms with E-state index in [0.29, 0.717) is 0 Å². The highest BCUT2D eigenvalue weighted by Crippen LogP contribution is 2.35. The zero-order valence-corrected chi connectivity index (χ0v) is 14.4. The number of hydrogen-bond acceptors (Lipinski definition) is 7. The Morgan fingerprint density at radius 2 is 1.88 bits per heavy atom. The number of aromatic nitrogens is 3. The lowest BCUT2D eigenvalue weighted by atomic mass is 10.2. The average molecular weight is 349 g/mol. The van der Waals surface area contributed by atoms with Crippen LogP contribution < -0.4 is 19.7 Å². The highest BCUT2D eigenvalue weighted by Gasteiger charge is 2.13. The highest BCUT2D eigenvalue weighted by molar-refractivity contribution is 5.63. The summed E-state index contributed by atoms with van der Waals surface area (Å²) >= 11 is 0. The lowest BCUT2D eigenvalue weighted by Crippen LogP contribution is -2.21. The summed E-state index contributed by atoms with van der Waals surface area (Å²) in [5, 5.41) is 3.28. The first kappa shape index (κ1) is 16.1. The van der Waals surface area contributed by atoms with Crippen LogP contribution in [-0.4, -0.2) is 35.3 Å². The van der Waals surface area contributed by atoms with Gasteiger partial charge in [0.05, 0.1) is 0 Å². The van der Waals surface area contributed by atoms with Crippen LogP contribution in [0, 0.1) is 0 Å². The second-order valence-electron chi connectivity index (χ2n) is 5.98. The van der Waals surface area contributed by atoms with Gasteiger partial charge in [0.2, 0.25) is 6.79 Å². The molecule has 0 bridgehead atoms. The maximum atomic E-state index is 5.41. The van der Waals surface area contributed by atoms with E-state index in [1.807, 2.05) is 55.8 Å². The van der Waals surface area contributed by atoms with Crippen molar-refractivity contribution < 1.29 is 9.47 Å². The van der Waals surface area contributed by atoms with Crippen LogP contribution in [0.4, 0.5) is 17.3 Å². The first-order valence-electron chi connectivity index (χ1n) is 8.37. The first-order valence-corrected chi connectivity index (χ1v) is 8.37. The SMILES string of the molecule is CN(CCc1ccncc1)c1cc(Nc2ccc3c(c2)OCO3)ncn1. The minimum atomic E-state index is 0.263. The molecule has 132 valence electrons. The number of fused-ring (bicyclic) bond motifs is 1. The van der Waals surface area contributed by atoms with Crippen LogP contribution in [0.15, 0.2) is 55.1 Å². The number of likely N-dealkylation sites (N-methyl/N-ethyl adjacent to an activating group) is 1. The van der Waals surface area contributed by atoms with Crippen LogP contribution >= 0.6 is 0 Å². The Hall–Kier alpha value is -3.35. The Labute approximate surface area is 151 Å². The summed E-state index contributed by atoms with van der Waals surface area (Å²) in [7, 11) is 2.02. The lowest BCUT2D eigenvalue weighted by Gasteiger charge is -2.18. The number of anilines is 3. The van der Waals surface area contributed by atoms with E-state index in [9.17, 15) is 0 Å². The van der Waals surface area contributed by atoms with E-state index in [0.717, 1.165) is 41.8 Å². The van der Waals surface area contributed by atoms with Crippen molar-refractivity contribution in [3.05, 3.63) is 60.7 Å². The standard InChI is InChI=1S/C19H19N5O2/c1-24(9-6-14-4-7-20-8-5-14)19-11-18(21-12-22-19)23-15-2-3-16-17(10-15)26-13-25-16/h2-5,7-8,10-12H,6,9,13H2,1H3,(H,21,22,23). The van der Waals surface area contributed by atoms with Crippen LogP contribution in [0.5, 0.6) is 11.5 Å². The Bertz CT molecular complexity index is 888. The van der Waals surface area contributed by atoms with Gasteiger partial charge >= 0.3 is 0 Å². The molecule has 0 amide bonds. The Morgan fingerprint density at radius 3 is 2.77 bits per heavy atom. The Balaban J connectivity index is 1.42. The van der Waals surface area contributed by atoms with Crippen molar-refractivity contribution in [2.24, 2.45) is 0 Å². The fourth-order valence-electron chi connectivity index (χ4n) is 2.71. The molecule has 7 heteroatoms. The van der Waals surface area contributed by atoms with Gasteiger partial charge in [0.15, 0.2) is 11.5 Å². The van der Waals surface area contributed by atoms with E-state index in [1.165, 1.54) is 5.56 Å². The molecule has 0 saturated carbocycles. The molecule has 2 aromatic heterocycles. The number of ether oxygens (including phenoxy) is 2. The molecule has 0 unspecified atom stereocenters. The summed E-state index contributed by atoms with van der Waals surface area (Å²) in [4.78, 5) is 14.8. The van der Waals surface area contributed by atoms with Crippen LogP contribution in [0.25, 0.3) is 0 Å². The number of nitrogens with zero attached hydrogens (tertiary/aromatic N) is 4. The number of pyridine rings is 1. The molecule has 0 aliphatic carbocycles. The number of nitrogens with one attached hydrogen (secondary N) is 1. The van der Waals surface area contributed by atoms with Crippen molar-refractivity contribution in [3.63, 3.8) is 0 Å². The van der Waals surface area contributed by atoms with Gasteiger partial charge in [-0.15, -0.1) is 0 Å². The second kappa shape index (κ2) is 7.26. The molecule has 1 aromatic carbocycles. The zero-order chi connectivity index (χ0) is 17.8. The molecule has 7 nitrogen and oxygen atoms in total. The van der Waals surface area contributed by atoms with Crippen molar-refractivity contribution in [1.82, 2.24) is 15.0 Å². The van der Waals surface area contributed by atoms with E-state index in [4.69, 9.17) is 9.47 Å². The molecule has 0 fully saturated rings. The topological polar surface area (TPSA) is 72.4 Å². The molecular formula is C19H19N5O2. The Kier molecular flexibility index (Phi) is 4.51. The van der Waals surface area contributed by atoms with Gasteiger partial charge in [0, 0.05) is 43.8 Å². The molecule has 26 heavy (non-hydrogen) atoms. The normalized spacial score (nSPS) is 12.0. The van der Waals surface area contributed by atoms with Crippen LogP contribution in [0.2, 0.25) is 0 Å². The van der Waals surface area contributed by atoms with E-state index in [1.54, 1.807) is 6.33 Å². The molecule has 3 heterocycles. The third-order valence-corrected chi connectivity index (χ3v) is 4.17. The van der Waals surface area contributed by atoms with Gasteiger partial charge in [-0.25, -0.2) is 9.97 Å². The molecule has 1 aliphatic rings. The van der Waals surface area contributed by atoms with Crippen LogP contribution in [0.3, 0.4) is 0 Å². The van der Waals surface area contributed by atoms with Crippen molar-refractivity contribution in [1.29, 1.82) is 0 Å². The number of rotatable bonds is 6. The van der Waals surface area contributed by atoms with Gasteiger partial charge in [-0.3, -0.25) is 4.98 Å². The summed E-state index contributed by atoms with van der Waals surface area (Å²) in [6.45, 7) is 1.11. The van der Waals surface area contributed by atoms with Gasteiger partial charge in [-0.05, 0) is 36.2 Å².